The molecular formula is C19H41O4PS2. The van der Waals surface area contributed by atoms with Gasteiger partial charge in [0.05, 0.1) is 6.61 Å². The van der Waals surface area contributed by atoms with Crippen LogP contribution in [0.25, 0.3) is 0 Å². The molecule has 0 amide bonds. The highest BCUT2D eigenvalue weighted by Crippen LogP contribution is 2.42. The molecule has 1 unspecified atom stereocenters. The number of phosphoric ester groups is 1. The molecule has 0 aromatic carbocycles. The van der Waals surface area contributed by atoms with Gasteiger partial charge in [0.15, 0.2) is 0 Å². The molecule has 0 aliphatic rings. The molecule has 0 radical (unpaired) electrons. The van der Waals surface area contributed by atoms with Crippen LogP contribution in [0.1, 0.15) is 96.8 Å². The second-order valence-electron chi connectivity index (χ2n) is 6.72. The lowest BCUT2D eigenvalue weighted by atomic mass is 10.0. The van der Waals surface area contributed by atoms with Gasteiger partial charge in [0, 0.05) is 18.6 Å². The Bertz CT molecular complexity index is 333. The van der Waals surface area contributed by atoms with Crippen LogP contribution in [0, 0.1) is 0 Å². The van der Waals surface area contributed by atoms with Crippen LogP contribution in [-0.2, 0) is 13.6 Å². The molecule has 0 aromatic heterocycles. The fourth-order valence-electron chi connectivity index (χ4n) is 2.71. The molecule has 1 atom stereocenters. The SMILES string of the molecule is CCCCCCCCCCCCCCCCSSCCOP(=O)(O)OC. The highest BCUT2D eigenvalue weighted by atomic mass is 33.1. The standard InChI is InChI=1S/C19H41O4PS2/c1-3-4-5-6-7-8-9-10-11-12-13-14-15-16-18-25-26-19-17-23-24(20,21)22-2/h3-19H2,1-2H3,(H,20,21). The maximum Gasteiger partial charge on any atom is 0.471 e. The predicted molar refractivity (Wildman–Crippen MR) is 118 cm³/mol. The van der Waals surface area contributed by atoms with Gasteiger partial charge >= 0.3 is 7.82 Å². The summed E-state index contributed by atoms with van der Waals surface area (Å²) in [5.74, 6) is 1.85. The molecule has 4 nitrogen and oxygen atoms in total. The Morgan fingerprint density at radius 1 is 0.731 bits per heavy atom. The molecule has 0 aliphatic carbocycles. The summed E-state index contributed by atoms with van der Waals surface area (Å²) in [4.78, 5) is 9.06. The second kappa shape index (κ2) is 20.5. The molecule has 7 heteroatoms. The smallest absolute Gasteiger partial charge is 0.303 e. The maximum atomic E-state index is 11.1. The summed E-state index contributed by atoms with van der Waals surface area (Å²) in [6.07, 6.45) is 19.5. The Hall–Kier alpha value is 0.810. The van der Waals surface area contributed by atoms with Gasteiger partial charge in [-0.15, -0.1) is 0 Å². The molecule has 0 saturated carbocycles. The predicted octanol–water partition coefficient (Wildman–Crippen LogP) is 7.61. The third-order valence-corrected chi connectivity index (χ3v) is 7.74. The summed E-state index contributed by atoms with van der Waals surface area (Å²) in [6.45, 7) is 2.52. The van der Waals surface area contributed by atoms with Crippen LogP contribution in [0.4, 0.5) is 0 Å². The molecule has 0 saturated heterocycles. The first kappa shape index (κ1) is 26.8. The zero-order chi connectivity index (χ0) is 19.3. The van der Waals surface area contributed by atoms with Crippen molar-refractivity contribution < 1.29 is 18.5 Å². The van der Waals surface area contributed by atoms with Crippen molar-refractivity contribution in [2.45, 2.75) is 96.8 Å². The monoisotopic (exact) mass is 428 g/mol. The van der Waals surface area contributed by atoms with Crippen LogP contribution in [0.5, 0.6) is 0 Å². The third-order valence-electron chi connectivity index (χ3n) is 4.32. The van der Waals surface area contributed by atoms with Gasteiger partial charge in [0.2, 0.25) is 0 Å². The minimum Gasteiger partial charge on any atom is -0.303 e. The molecule has 0 heterocycles. The third kappa shape index (κ3) is 21.1. The summed E-state index contributed by atoms with van der Waals surface area (Å²) >= 11 is 0. The molecule has 158 valence electrons. The summed E-state index contributed by atoms with van der Waals surface area (Å²) in [5.41, 5.74) is 0. The molecule has 0 aromatic rings. The molecule has 0 aliphatic heterocycles. The van der Waals surface area contributed by atoms with Crippen molar-refractivity contribution in [1.82, 2.24) is 0 Å². The van der Waals surface area contributed by atoms with E-state index >= 15 is 0 Å². The second-order valence-corrected chi connectivity index (χ2v) is 11.0. The lowest BCUT2D eigenvalue weighted by Gasteiger charge is -2.08. The average Bonchev–Trinajstić information content (AvgIpc) is 2.63. The van der Waals surface area contributed by atoms with E-state index < -0.39 is 7.82 Å². The molecular weight excluding hydrogens is 387 g/mol. The van der Waals surface area contributed by atoms with Crippen molar-refractivity contribution in [3.05, 3.63) is 0 Å². The highest BCUT2D eigenvalue weighted by Gasteiger charge is 2.17. The van der Waals surface area contributed by atoms with Crippen molar-refractivity contribution in [2.75, 3.05) is 25.2 Å². The first-order chi connectivity index (χ1) is 12.6. The summed E-state index contributed by atoms with van der Waals surface area (Å²) in [6, 6.07) is 0. The van der Waals surface area contributed by atoms with Gasteiger partial charge in [-0.1, -0.05) is 112 Å². The van der Waals surface area contributed by atoms with Gasteiger partial charge in [-0.3, -0.25) is 9.05 Å². The van der Waals surface area contributed by atoms with Crippen molar-refractivity contribution in [3.8, 4) is 0 Å². The van der Waals surface area contributed by atoms with E-state index in [9.17, 15) is 4.57 Å². The Balaban J connectivity index is 3.06. The van der Waals surface area contributed by atoms with Crippen molar-refractivity contribution in [1.29, 1.82) is 0 Å². The number of hydrogen-bond donors (Lipinski definition) is 1. The minimum absolute atomic E-state index is 0.248. The van der Waals surface area contributed by atoms with Crippen LogP contribution in [-0.4, -0.2) is 30.1 Å². The summed E-state index contributed by atoms with van der Waals surface area (Å²) in [7, 11) is 0.904. The van der Waals surface area contributed by atoms with Gasteiger partial charge in [-0.2, -0.15) is 0 Å². The van der Waals surface area contributed by atoms with Crippen molar-refractivity contribution in [3.63, 3.8) is 0 Å². The lowest BCUT2D eigenvalue weighted by molar-refractivity contribution is 0.182. The summed E-state index contributed by atoms with van der Waals surface area (Å²) < 4.78 is 20.2. The Morgan fingerprint density at radius 2 is 1.15 bits per heavy atom. The van der Waals surface area contributed by atoms with E-state index in [1.54, 1.807) is 10.8 Å². The van der Waals surface area contributed by atoms with Crippen molar-refractivity contribution >= 4 is 29.4 Å². The molecule has 0 rings (SSSR count). The zero-order valence-electron chi connectivity index (χ0n) is 17.0. The first-order valence-electron chi connectivity index (χ1n) is 10.4. The van der Waals surface area contributed by atoms with E-state index in [1.807, 2.05) is 10.8 Å². The van der Waals surface area contributed by atoms with E-state index in [1.165, 1.54) is 97.0 Å². The summed E-state index contributed by atoms with van der Waals surface area (Å²) in [5, 5.41) is 0. The fourth-order valence-corrected chi connectivity index (χ4v) is 5.24. The Kier molecular flexibility index (Phi) is 21.2. The van der Waals surface area contributed by atoms with Crippen LogP contribution in [0.3, 0.4) is 0 Å². The van der Waals surface area contributed by atoms with Gasteiger partial charge in [0.1, 0.15) is 0 Å². The lowest BCUT2D eigenvalue weighted by Crippen LogP contribution is -1.96. The zero-order valence-corrected chi connectivity index (χ0v) is 19.5. The van der Waals surface area contributed by atoms with Crippen molar-refractivity contribution in [2.24, 2.45) is 0 Å². The average molecular weight is 429 g/mol. The van der Waals surface area contributed by atoms with E-state index in [4.69, 9.17) is 9.42 Å². The molecule has 26 heavy (non-hydrogen) atoms. The quantitative estimate of drug-likeness (QED) is 0.115. The fraction of sp³-hybridized carbons (Fsp3) is 1.00. The van der Waals surface area contributed by atoms with E-state index in [0.717, 1.165) is 5.75 Å². The van der Waals surface area contributed by atoms with Crippen LogP contribution in [0.2, 0.25) is 0 Å². The normalized spacial score (nSPS) is 13.8. The Morgan fingerprint density at radius 3 is 1.62 bits per heavy atom. The number of phosphoric acid groups is 1. The topological polar surface area (TPSA) is 55.8 Å². The highest BCUT2D eigenvalue weighted by molar-refractivity contribution is 8.76. The molecule has 0 spiro atoms. The Labute approximate surface area is 170 Å². The van der Waals surface area contributed by atoms with E-state index in [0.29, 0.717) is 5.75 Å². The van der Waals surface area contributed by atoms with Gasteiger partial charge < -0.3 is 4.89 Å². The van der Waals surface area contributed by atoms with E-state index in [-0.39, 0.29) is 6.61 Å². The van der Waals surface area contributed by atoms with Gasteiger partial charge in [-0.05, 0) is 6.42 Å². The van der Waals surface area contributed by atoms with Crippen LogP contribution in [0.15, 0.2) is 0 Å². The number of rotatable bonds is 21. The first-order valence-corrected chi connectivity index (χ1v) is 14.4. The number of hydrogen-bond acceptors (Lipinski definition) is 5. The minimum atomic E-state index is -3.79. The molecule has 1 N–H and O–H groups in total. The van der Waals surface area contributed by atoms with E-state index in [2.05, 4.69) is 11.4 Å². The largest absolute Gasteiger partial charge is 0.471 e. The van der Waals surface area contributed by atoms with Crippen LogP contribution >= 0.6 is 29.4 Å². The maximum absolute atomic E-state index is 11.1. The van der Waals surface area contributed by atoms with Crippen LogP contribution < -0.4 is 0 Å². The van der Waals surface area contributed by atoms with Gasteiger partial charge in [0.25, 0.3) is 0 Å². The van der Waals surface area contributed by atoms with Gasteiger partial charge in [-0.25, -0.2) is 4.57 Å². The number of unbranched alkanes of at least 4 members (excludes halogenated alkanes) is 13. The molecule has 0 fully saturated rings. The molecule has 0 bridgehead atoms.